The molecular formula is C113H141ClFN23O10. The summed E-state index contributed by atoms with van der Waals surface area (Å²) < 4.78 is 20.1. The number of likely N-dealkylation sites (tertiary alicyclic amines) is 2. The van der Waals surface area contributed by atoms with Crippen molar-refractivity contribution in [2.45, 2.75) is 184 Å². The Kier molecular flexibility index (Phi) is 35.6. The van der Waals surface area contributed by atoms with E-state index in [0.717, 1.165) is 172 Å². The van der Waals surface area contributed by atoms with Crippen molar-refractivity contribution in [1.82, 2.24) is 97.9 Å². The summed E-state index contributed by atoms with van der Waals surface area (Å²) in [5, 5.41) is 21.3. The molecule has 0 saturated carbocycles. The number of anilines is 3. The van der Waals surface area contributed by atoms with Crippen molar-refractivity contribution < 1.29 is 52.3 Å². The largest absolute Gasteiger partial charge is 0.371 e. The molecule has 1 unspecified atom stereocenters. The average molecular weight is 2040 g/mol. The molecule has 5 aromatic heterocycles. The second-order valence-electron chi connectivity index (χ2n) is 40.9. The molecule has 6 aromatic carbocycles. The molecule has 35 heteroatoms. The van der Waals surface area contributed by atoms with Gasteiger partial charge in [-0.3, -0.25) is 48.5 Å². The summed E-state index contributed by atoms with van der Waals surface area (Å²) in [6, 6.07) is 50.2. The lowest BCUT2D eigenvalue weighted by molar-refractivity contribution is 0.0585. The molecule has 9 aliphatic rings. The number of hydrogen-bond acceptors (Lipinski definition) is 23. The predicted molar refractivity (Wildman–Crippen MR) is 571 cm³/mol. The molecule has 1 spiro atoms. The summed E-state index contributed by atoms with van der Waals surface area (Å²) in [7, 11) is 0. The second-order valence-corrected chi connectivity index (χ2v) is 41.3. The maximum absolute atomic E-state index is 13.7. The quantitative estimate of drug-likeness (QED) is 0.0679. The first-order valence-electron chi connectivity index (χ1n) is 52.3. The molecule has 0 aliphatic carbocycles. The van der Waals surface area contributed by atoms with Crippen LogP contribution in [0.1, 0.15) is 207 Å². The Labute approximate surface area is 872 Å². The number of piperidine rings is 1. The van der Waals surface area contributed by atoms with Gasteiger partial charge in [-0.25, -0.2) is 28.4 Å². The Morgan fingerprint density at radius 1 is 0.331 bits per heavy atom. The number of aryl methyl sites for hydroxylation is 5. The highest BCUT2D eigenvalue weighted by Gasteiger charge is 2.45. The van der Waals surface area contributed by atoms with Crippen LogP contribution in [0.15, 0.2) is 183 Å². The van der Waals surface area contributed by atoms with Crippen molar-refractivity contribution in [2.24, 2.45) is 0 Å². The number of benzene rings is 6. The molecule has 20 rings (SSSR count). The number of para-hydroxylation sites is 1. The lowest BCUT2D eigenvalue weighted by atomic mass is 9.84. The van der Waals surface area contributed by atoms with E-state index in [9.17, 15) is 52.3 Å². The monoisotopic (exact) mass is 2030 g/mol. The molecule has 5 amide bonds. The number of ketones is 5. The van der Waals surface area contributed by atoms with Crippen molar-refractivity contribution in [3.63, 3.8) is 0 Å². The minimum absolute atomic E-state index is 0.0649. The Morgan fingerprint density at radius 2 is 0.730 bits per heavy atom. The van der Waals surface area contributed by atoms with Crippen LogP contribution in [-0.2, 0) is 32.7 Å². The van der Waals surface area contributed by atoms with Crippen LogP contribution in [0.4, 0.5) is 45.4 Å². The number of Topliss-reactive ketones (excluding diaryl/α,β-unsaturated/α-hetero) is 5. The van der Waals surface area contributed by atoms with Gasteiger partial charge in [0.05, 0.1) is 0 Å². The smallest absolute Gasteiger partial charge is 0.344 e. The Bertz CT molecular complexity index is 6540. The summed E-state index contributed by atoms with van der Waals surface area (Å²) in [5.74, 6) is -0.694. The molecule has 33 nitrogen and oxygen atoms in total. The van der Waals surface area contributed by atoms with E-state index in [1.54, 1.807) is 58.7 Å². The maximum Gasteiger partial charge on any atom is 0.344 e. The van der Waals surface area contributed by atoms with Crippen LogP contribution >= 0.6 is 11.6 Å². The Balaban J connectivity index is 0.000000132. The number of aromatic nitrogens is 10. The van der Waals surface area contributed by atoms with Gasteiger partial charge in [0.25, 0.3) is 0 Å². The van der Waals surface area contributed by atoms with Gasteiger partial charge in [-0.2, -0.15) is 48.9 Å². The highest BCUT2D eigenvalue weighted by atomic mass is 35.5. The van der Waals surface area contributed by atoms with Crippen molar-refractivity contribution in [3.8, 4) is 11.1 Å². The van der Waals surface area contributed by atoms with E-state index >= 15 is 0 Å². The summed E-state index contributed by atoms with van der Waals surface area (Å²) in [4.78, 5) is 149. The van der Waals surface area contributed by atoms with Gasteiger partial charge in [0.2, 0.25) is 0 Å². The van der Waals surface area contributed by atoms with Crippen molar-refractivity contribution in [3.05, 3.63) is 272 Å². The van der Waals surface area contributed by atoms with Gasteiger partial charge >= 0.3 is 30.2 Å². The van der Waals surface area contributed by atoms with Gasteiger partial charge in [-0.1, -0.05) is 115 Å². The summed E-state index contributed by atoms with van der Waals surface area (Å²) in [6.07, 6.45) is 17.2. The van der Waals surface area contributed by atoms with Crippen LogP contribution in [-0.4, -0.2) is 332 Å². The number of nitrogens with zero attached hydrogens (tertiary/aromatic N) is 23. The molecule has 9 aliphatic heterocycles. The lowest BCUT2D eigenvalue weighted by Gasteiger charge is -2.45. The zero-order chi connectivity index (χ0) is 105. The average Bonchev–Trinajstić information content (AvgIpc) is 1.61. The van der Waals surface area contributed by atoms with Crippen LogP contribution < -0.4 is 14.7 Å². The van der Waals surface area contributed by atoms with Crippen LogP contribution in [0.5, 0.6) is 0 Å². The normalized spacial score (nSPS) is 18.3. The minimum atomic E-state index is -0.751. The van der Waals surface area contributed by atoms with Crippen molar-refractivity contribution in [1.29, 1.82) is 0 Å². The Morgan fingerprint density at radius 3 is 1.16 bits per heavy atom. The molecule has 2 atom stereocenters. The van der Waals surface area contributed by atoms with Crippen LogP contribution in [0.2, 0.25) is 5.02 Å². The number of carbonyl (C=O) groups is 10. The molecule has 148 heavy (non-hydrogen) atoms. The van der Waals surface area contributed by atoms with Crippen molar-refractivity contribution >= 4 is 87.7 Å². The summed E-state index contributed by atoms with van der Waals surface area (Å²) in [6.45, 7) is 43.4. The fraction of sp³-hybridized carbons (Fsp3) is 0.460. The van der Waals surface area contributed by atoms with E-state index < -0.39 is 6.17 Å². The van der Waals surface area contributed by atoms with Gasteiger partial charge in [-0.15, -0.1) is 0 Å². The van der Waals surface area contributed by atoms with E-state index in [0.29, 0.717) is 87.2 Å². The molecule has 14 heterocycles. The minimum Gasteiger partial charge on any atom is -0.371 e. The third-order valence-electron chi connectivity index (χ3n) is 30.1. The van der Waals surface area contributed by atoms with Gasteiger partial charge in [0.1, 0.15) is 34.6 Å². The van der Waals surface area contributed by atoms with Crippen LogP contribution in [0.3, 0.4) is 0 Å². The van der Waals surface area contributed by atoms with Gasteiger partial charge < -0.3 is 39.2 Å². The number of rotatable bonds is 19. The topological polar surface area (TPSA) is 302 Å². The summed E-state index contributed by atoms with van der Waals surface area (Å²) in [5.41, 5.74) is 20.9. The number of amides is 5. The molecule has 0 radical (unpaired) electrons. The molecule has 11 aromatic rings. The third kappa shape index (κ3) is 26.8. The van der Waals surface area contributed by atoms with Gasteiger partial charge in [-0.05, 0) is 221 Å². The first-order chi connectivity index (χ1) is 71.2. The van der Waals surface area contributed by atoms with Crippen LogP contribution in [0.25, 0.3) is 11.1 Å². The number of halogens is 2. The first kappa shape index (κ1) is 107. The van der Waals surface area contributed by atoms with E-state index in [1.807, 2.05) is 33.8 Å². The van der Waals surface area contributed by atoms with Crippen LogP contribution in [0, 0.1) is 34.6 Å². The van der Waals surface area contributed by atoms with E-state index in [2.05, 4.69) is 209 Å². The SMILES string of the molecule is CC(=O)c1ccn(C(=O)N2CCC3(CCCN3Cc3ccc(C)cc3N3CCCC3)CC2)n1.CC(=O)c1ccn(C(=O)N2CCN(Cc3ccc(-c4ccccc4)cc3C)CC2C)n1.CC(=O)c1ccn(C(=O)N2CCN(Cc3ccc(C)cc3Cl)CC2)n1.CC(=O)c1ccn(C(=O)N2CCN(Cc3ccc(C)cc3N3CC[C@H](F)C3)CC2)n1.CC(=O)c1ccn(C(=O)N2CCN(Cc3cccc(C)c3N3CCCC3)CC2)n1. The fourth-order valence-corrected chi connectivity index (χ4v) is 21.7. The predicted octanol–water partition coefficient (Wildman–Crippen LogP) is 16.7. The molecular weight excluding hydrogens is 1890 g/mol. The summed E-state index contributed by atoms with van der Waals surface area (Å²) >= 11 is 6.31. The second kappa shape index (κ2) is 49.1. The first-order valence-corrected chi connectivity index (χ1v) is 52.6. The van der Waals surface area contributed by atoms with E-state index in [4.69, 9.17) is 11.6 Å². The number of piperazine rings is 4. The molecule has 0 bridgehead atoms. The molecule has 9 saturated heterocycles. The molecule has 0 N–H and O–H groups in total. The maximum atomic E-state index is 13.7. The highest BCUT2D eigenvalue weighted by molar-refractivity contribution is 6.31. The van der Waals surface area contributed by atoms with Gasteiger partial charge in [0.15, 0.2) is 28.9 Å². The Hall–Kier alpha value is -13.5. The van der Waals surface area contributed by atoms with Gasteiger partial charge in [0, 0.05) is 283 Å². The van der Waals surface area contributed by atoms with E-state index in [1.165, 1.54) is 176 Å². The fourth-order valence-electron chi connectivity index (χ4n) is 21.4. The number of alkyl halides is 1. The number of hydrogen-bond donors (Lipinski definition) is 0. The zero-order valence-corrected chi connectivity index (χ0v) is 88.2. The highest BCUT2D eigenvalue weighted by Crippen LogP contribution is 2.42. The lowest BCUT2D eigenvalue weighted by Crippen LogP contribution is -2.54. The zero-order valence-electron chi connectivity index (χ0n) is 87.5. The van der Waals surface area contributed by atoms with E-state index in [-0.39, 0.29) is 70.7 Å². The number of carbonyl (C=O) groups excluding carboxylic acids is 10. The molecule has 9 fully saturated rings. The molecule has 782 valence electrons. The standard InChI is InChI=1S/C26H35N5O2.C25H28N4O2.C22H28FN5O2.C22H29N5O2.C18H21ClN4O2/c1-20-6-7-22(24(18-20)28-12-3-4-13-28)19-30-14-5-9-26(30)10-16-29(17-11-26)25(33)31-15-8-23(27-31)21(2)32;1-18-15-22(21-7-5-4-6-8-21)9-10-23(18)17-27-13-14-28(19(2)16-27)25(31)29-12-11-24(26-29)20(3)30;1-16-3-4-18(21(13-16)27-7-5-19(23)15-27)14-25-9-11-26(12-10-25)22(30)28-8-6-20(24-28)17(2)29;1-17-6-5-7-19(21(17)25-9-3-4-10-25)16-24-12-14-26(15-13-24)22(29)27-11-8-20(23-27)18(2)28;1-13-3-4-15(16(19)11-13)12-21-7-9-22(10-8-21)18(25)23-6-5-17(20-23)14(2)24/h6-8,15,18H,3-5,9-14,16-17,19H2,1-2H3;4-12,15,19H,13-14,16-17H2,1-3H3;3-4,6,8,13,19H,5,7,9-12,14-15H2,1-2H3;5-8,11H,3-4,9-10,12-16H2,1-2H3;3-6,11H,7-10,12H2,1-2H3/t;;19-;;/m..0../s1. The van der Waals surface area contributed by atoms with Crippen molar-refractivity contribution in [2.75, 3.05) is 172 Å². The third-order valence-corrected chi connectivity index (χ3v) is 30.4.